The number of benzene rings is 1. The number of ether oxygens (including phenoxy) is 1. The van der Waals surface area contributed by atoms with Crippen molar-refractivity contribution in [1.82, 2.24) is 4.98 Å². The Morgan fingerprint density at radius 1 is 1.21 bits per heavy atom. The van der Waals surface area contributed by atoms with Crippen molar-refractivity contribution in [3.8, 4) is 5.88 Å². The highest BCUT2D eigenvalue weighted by Crippen LogP contribution is 2.23. The number of aromatic nitrogens is 1. The Balaban J connectivity index is 2.28. The normalized spacial score (nSPS) is 10.2. The molecule has 0 aliphatic rings. The number of nitrogens with zero attached hydrogens (tertiary/aromatic N) is 1. The van der Waals surface area contributed by atoms with E-state index in [-0.39, 0.29) is 23.0 Å². The second-order valence-electron chi connectivity index (χ2n) is 5.07. The Bertz CT molecular complexity index is 778. The monoisotopic (exact) mass is 331 g/mol. The molecule has 126 valence electrons. The van der Waals surface area contributed by atoms with Crippen molar-refractivity contribution in [3.63, 3.8) is 0 Å². The number of amides is 2. The second kappa shape index (κ2) is 7.54. The summed E-state index contributed by atoms with van der Waals surface area (Å²) in [7, 11) is 0. The van der Waals surface area contributed by atoms with E-state index in [2.05, 4.69) is 15.6 Å². The Kier molecular flexibility index (Phi) is 5.47. The van der Waals surface area contributed by atoms with Crippen LogP contribution in [0.5, 0.6) is 5.88 Å². The van der Waals surface area contributed by atoms with E-state index in [1.165, 1.54) is 19.1 Å². The molecule has 1 aromatic carbocycles. The zero-order chi connectivity index (χ0) is 17.7. The number of hydrogen-bond acceptors (Lipinski definition) is 4. The number of carbonyl (C=O) groups excluding carboxylic acids is 2. The third-order valence-electron chi connectivity index (χ3n) is 3.06. The largest absolute Gasteiger partial charge is 0.477 e. The van der Waals surface area contributed by atoms with Crippen molar-refractivity contribution in [2.45, 2.75) is 20.8 Å². The first-order valence-corrected chi connectivity index (χ1v) is 7.39. The molecule has 0 radical (unpaired) electrons. The average Bonchev–Trinajstić information content (AvgIpc) is 2.50. The molecule has 2 aromatic rings. The van der Waals surface area contributed by atoms with Crippen molar-refractivity contribution >= 4 is 23.2 Å². The van der Waals surface area contributed by atoms with Crippen LogP contribution in [0.3, 0.4) is 0 Å². The van der Waals surface area contributed by atoms with E-state index in [4.69, 9.17) is 4.74 Å². The minimum absolute atomic E-state index is 0.0470. The van der Waals surface area contributed by atoms with Gasteiger partial charge in [0.25, 0.3) is 5.91 Å². The van der Waals surface area contributed by atoms with E-state index < -0.39 is 11.7 Å². The van der Waals surface area contributed by atoms with Gasteiger partial charge in [0.2, 0.25) is 11.8 Å². The molecule has 7 heteroatoms. The van der Waals surface area contributed by atoms with Crippen LogP contribution in [0.4, 0.5) is 15.8 Å². The Labute approximate surface area is 139 Å². The summed E-state index contributed by atoms with van der Waals surface area (Å²) in [5.74, 6) is -1.27. The van der Waals surface area contributed by atoms with Crippen LogP contribution >= 0.6 is 0 Å². The fourth-order valence-electron chi connectivity index (χ4n) is 2.04. The maximum atomic E-state index is 13.9. The van der Waals surface area contributed by atoms with Gasteiger partial charge in [-0.05, 0) is 44.2 Å². The van der Waals surface area contributed by atoms with E-state index >= 15 is 0 Å². The Hall–Kier alpha value is -2.96. The number of hydrogen-bond donors (Lipinski definition) is 2. The van der Waals surface area contributed by atoms with Crippen LogP contribution < -0.4 is 15.4 Å². The molecular formula is C17H18FN3O3. The maximum absolute atomic E-state index is 13.9. The van der Waals surface area contributed by atoms with E-state index in [0.717, 1.165) is 6.07 Å². The highest BCUT2D eigenvalue weighted by Gasteiger charge is 2.16. The molecule has 0 aliphatic heterocycles. The average molecular weight is 331 g/mol. The van der Waals surface area contributed by atoms with Gasteiger partial charge >= 0.3 is 0 Å². The molecule has 2 rings (SSSR count). The SMILES string of the molecule is CCOc1nc(C)ccc1C(=O)Nc1cc(NC(C)=O)ccc1F. The van der Waals surface area contributed by atoms with Gasteiger partial charge < -0.3 is 15.4 Å². The molecule has 0 saturated heterocycles. The predicted molar refractivity (Wildman–Crippen MR) is 88.8 cm³/mol. The molecule has 0 fully saturated rings. The zero-order valence-electron chi connectivity index (χ0n) is 13.6. The van der Waals surface area contributed by atoms with E-state index in [1.54, 1.807) is 26.0 Å². The Morgan fingerprint density at radius 2 is 1.96 bits per heavy atom. The molecule has 0 atom stereocenters. The lowest BCUT2D eigenvalue weighted by Gasteiger charge is -2.12. The number of aryl methyl sites for hydroxylation is 1. The summed E-state index contributed by atoms with van der Waals surface area (Å²) in [4.78, 5) is 27.7. The van der Waals surface area contributed by atoms with Gasteiger partial charge in [0.15, 0.2) is 0 Å². The van der Waals surface area contributed by atoms with Gasteiger partial charge in [-0.3, -0.25) is 9.59 Å². The number of anilines is 2. The van der Waals surface area contributed by atoms with Crippen LogP contribution in [-0.4, -0.2) is 23.4 Å². The van der Waals surface area contributed by atoms with Crippen LogP contribution in [0.15, 0.2) is 30.3 Å². The van der Waals surface area contributed by atoms with Gasteiger partial charge in [0, 0.05) is 18.3 Å². The van der Waals surface area contributed by atoms with Gasteiger partial charge in [-0.25, -0.2) is 9.37 Å². The summed E-state index contributed by atoms with van der Waals surface area (Å²) >= 11 is 0. The lowest BCUT2D eigenvalue weighted by atomic mass is 10.2. The first-order valence-electron chi connectivity index (χ1n) is 7.39. The molecule has 2 N–H and O–H groups in total. The molecular weight excluding hydrogens is 313 g/mol. The number of halogens is 1. The summed E-state index contributed by atoms with van der Waals surface area (Å²) in [5.41, 5.74) is 1.24. The van der Waals surface area contributed by atoms with E-state index in [1.807, 2.05) is 0 Å². The topological polar surface area (TPSA) is 80.3 Å². The summed E-state index contributed by atoms with van der Waals surface area (Å²) < 4.78 is 19.3. The van der Waals surface area contributed by atoms with Crippen LogP contribution in [0.25, 0.3) is 0 Å². The number of carbonyl (C=O) groups is 2. The second-order valence-corrected chi connectivity index (χ2v) is 5.07. The molecule has 0 bridgehead atoms. The van der Waals surface area contributed by atoms with E-state index in [0.29, 0.717) is 18.0 Å². The van der Waals surface area contributed by atoms with Crippen LogP contribution in [-0.2, 0) is 4.79 Å². The van der Waals surface area contributed by atoms with Crippen molar-refractivity contribution in [2.75, 3.05) is 17.2 Å². The van der Waals surface area contributed by atoms with Crippen LogP contribution in [0.2, 0.25) is 0 Å². The highest BCUT2D eigenvalue weighted by molar-refractivity contribution is 6.06. The minimum atomic E-state index is -0.615. The third kappa shape index (κ3) is 4.28. The number of nitrogens with one attached hydrogen (secondary N) is 2. The summed E-state index contributed by atoms with van der Waals surface area (Å²) in [6.07, 6.45) is 0. The minimum Gasteiger partial charge on any atom is -0.477 e. The number of pyridine rings is 1. The van der Waals surface area contributed by atoms with Crippen molar-refractivity contribution in [3.05, 3.63) is 47.4 Å². The Morgan fingerprint density at radius 3 is 2.62 bits per heavy atom. The first-order chi connectivity index (χ1) is 11.4. The van der Waals surface area contributed by atoms with Crippen molar-refractivity contribution in [2.24, 2.45) is 0 Å². The standard InChI is InChI=1S/C17H18FN3O3/c1-4-24-17-13(7-5-10(2)19-17)16(23)21-15-9-12(20-11(3)22)6-8-14(15)18/h5-9H,4H2,1-3H3,(H,20,22)(H,21,23). The molecule has 1 aromatic heterocycles. The smallest absolute Gasteiger partial charge is 0.261 e. The van der Waals surface area contributed by atoms with Crippen LogP contribution in [0.1, 0.15) is 29.9 Å². The fourth-order valence-corrected chi connectivity index (χ4v) is 2.04. The predicted octanol–water partition coefficient (Wildman–Crippen LogP) is 3.14. The third-order valence-corrected chi connectivity index (χ3v) is 3.06. The number of rotatable bonds is 5. The maximum Gasteiger partial charge on any atom is 0.261 e. The molecule has 6 nitrogen and oxygen atoms in total. The van der Waals surface area contributed by atoms with Gasteiger partial charge in [0.05, 0.1) is 12.3 Å². The summed E-state index contributed by atoms with van der Waals surface area (Å²) in [6, 6.07) is 7.15. The molecule has 0 aliphatic carbocycles. The quantitative estimate of drug-likeness (QED) is 0.882. The van der Waals surface area contributed by atoms with E-state index in [9.17, 15) is 14.0 Å². The fraction of sp³-hybridized carbons (Fsp3) is 0.235. The lowest BCUT2D eigenvalue weighted by molar-refractivity contribution is -0.114. The lowest BCUT2D eigenvalue weighted by Crippen LogP contribution is -2.16. The van der Waals surface area contributed by atoms with Gasteiger partial charge in [-0.15, -0.1) is 0 Å². The molecule has 1 heterocycles. The zero-order valence-corrected chi connectivity index (χ0v) is 13.6. The van der Waals surface area contributed by atoms with Crippen LogP contribution in [0, 0.1) is 12.7 Å². The molecule has 0 spiro atoms. The van der Waals surface area contributed by atoms with Gasteiger partial charge in [-0.1, -0.05) is 0 Å². The van der Waals surface area contributed by atoms with Crippen molar-refractivity contribution < 1.29 is 18.7 Å². The first kappa shape index (κ1) is 17.4. The van der Waals surface area contributed by atoms with Gasteiger partial charge in [0.1, 0.15) is 11.4 Å². The highest BCUT2D eigenvalue weighted by atomic mass is 19.1. The summed E-state index contributed by atoms with van der Waals surface area (Å²) in [6.45, 7) is 5.25. The molecule has 0 unspecified atom stereocenters. The van der Waals surface area contributed by atoms with Gasteiger partial charge in [-0.2, -0.15) is 0 Å². The van der Waals surface area contributed by atoms with Crippen molar-refractivity contribution in [1.29, 1.82) is 0 Å². The molecule has 24 heavy (non-hydrogen) atoms. The summed E-state index contributed by atoms with van der Waals surface area (Å²) in [5, 5.41) is 5.00. The molecule has 0 saturated carbocycles. The molecule has 2 amide bonds.